The summed E-state index contributed by atoms with van der Waals surface area (Å²) in [6, 6.07) is -0.453. The van der Waals surface area contributed by atoms with Crippen LogP contribution in [0.4, 0.5) is 0 Å². The van der Waals surface area contributed by atoms with Gasteiger partial charge in [0.05, 0.1) is 6.42 Å². The number of likely N-dealkylation sites (N-methyl/N-ethyl adjacent to an activating group) is 1. The summed E-state index contributed by atoms with van der Waals surface area (Å²) in [5.74, 6) is -1.01. The van der Waals surface area contributed by atoms with Crippen molar-refractivity contribution in [3.8, 4) is 0 Å². The predicted octanol–water partition coefficient (Wildman–Crippen LogP) is 0.791. The SMILES string of the molecule is CC(C)N1CC(C)(C)N(C)C(CC(=O)O)C1=O. The van der Waals surface area contributed by atoms with Gasteiger partial charge in [0.25, 0.3) is 0 Å². The first-order chi connectivity index (χ1) is 7.66. The number of rotatable bonds is 3. The zero-order valence-electron chi connectivity index (χ0n) is 11.2. The Morgan fingerprint density at radius 3 is 2.47 bits per heavy atom. The average Bonchev–Trinajstić information content (AvgIpc) is 2.18. The highest BCUT2D eigenvalue weighted by Crippen LogP contribution is 2.27. The van der Waals surface area contributed by atoms with Crippen LogP contribution in [-0.4, -0.2) is 58.0 Å². The van der Waals surface area contributed by atoms with Crippen molar-refractivity contribution < 1.29 is 14.7 Å². The molecule has 0 spiro atoms. The average molecular weight is 242 g/mol. The first kappa shape index (κ1) is 14.0. The maximum atomic E-state index is 12.2. The molecular formula is C12H22N2O3. The van der Waals surface area contributed by atoms with Crippen molar-refractivity contribution in [3.63, 3.8) is 0 Å². The minimum atomic E-state index is -0.934. The Bertz CT molecular complexity index is 326. The molecular weight excluding hydrogens is 220 g/mol. The van der Waals surface area contributed by atoms with Crippen LogP contribution in [0, 0.1) is 0 Å². The molecule has 1 fully saturated rings. The van der Waals surface area contributed by atoms with E-state index in [0.29, 0.717) is 6.54 Å². The number of nitrogens with zero attached hydrogens (tertiary/aromatic N) is 2. The number of carbonyl (C=O) groups excluding carboxylic acids is 1. The fourth-order valence-electron chi connectivity index (χ4n) is 2.21. The summed E-state index contributed by atoms with van der Waals surface area (Å²) in [5, 5.41) is 8.90. The molecule has 0 aromatic rings. The number of carboxylic acid groups (broad SMARTS) is 1. The molecule has 5 heteroatoms. The van der Waals surface area contributed by atoms with Gasteiger partial charge in [-0.15, -0.1) is 0 Å². The highest BCUT2D eigenvalue weighted by Gasteiger charge is 2.44. The van der Waals surface area contributed by atoms with Gasteiger partial charge >= 0.3 is 5.97 Å². The first-order valence-electron chi connectivity index (χ1n) is 5.92. The van der Waals surface area contributed by atoms with Gasteiger partial charge in [-0.1, -0.05) is 0 Å². The maximum Gasteiger partial charge on any atom is 0.305 e. The van der Waals surface area contributed by atoms with E-state index in [1.54, 1.807) is 4.90 Å². The van der Waals surface area contributed by atoms with Crippen molar-refractivity contribution in [2.75, 3.05) is 13.6 Å². The Morgan fingerprint density at radius 2 is 2.06 bits per heavy atom. The van der Waals surface area contributed by atoms with Gasteiger partial charge in [-0.3, -0.25) is 14.5 Å². The Hall–Kier alpha value is -1.10. The van der Waals surface area contributed by atoms with Crippen LogP contribution in [0.2, 0.25) is 0 Å². The molecule has 17 heavy (non-hydrogen) atoms. The third-order valence-corrected chi connectivity index (χ3v) is 3.54. The lowest BCUT2D eigenvalue weighted by molar-refractivity contribution is -0.156. The normalized spacial score (nSPS) is 25.4. The van der Waals surface area contributed by atoms with Crippen LogP contribution in [0.3, 0.4) is 0 Å². The lowest BCUT2D eigenvalue weighted by atomic mass is 9.93. The van der Waals surface area contributed by atoms with E-state index in [1.165, 1.54) is 0 Å². The monoisotopic (exact) mass is 242 g/mol. The molecule has 1 aliphatic heterocycles. The number of amides is 1. The summed E-state index contributed by atoms with van der Waals surface area (Å²) >= 11 is 0. The van der Waals surface area contributed by atoms with E-state index in [1.807, 2.05) is 39.6 Å². The molecule has 0 aromatic heterocycles. The van der Waals surface area contributed by atoms with E-state index in [2.05, 4.69) is 0 Å². The van der Waals surface area contributed by atoms with Gasteiger partial charge in [0.2, 0.25) is 5.91 Å². The fourth-order valence-corrected chi connectivity index (χ4v) is 2.21. The third kappa shape index (κ3) is 2.77. The van der Waals surface area contributed by atoms with Crippen molar-refractivity contribution in [2.24, 2.45) is 0 Å². The predicted molar refractivity (Wildman–Crippen MR) is 64.7 cm³/mol. The van der Waals surface area contributed by atoms with E-state index in [4.69, 9.17) is 5.11 Å². The molecule has 1 unspecified atom stereocenters. The lowest BCUT2D eigenvalue weighted by Crippen LogP contribution is -2.66. The molecule has 1 saturated heterocycles. The quantitative estimate of drug-likeness (QED) is 0.795. The van der Waals surface area contributed by atoms with Crippen molar-refractivity contribution in [3.05, 3.63) is 0 Å². The van der Waals surface area contributed by atoms with Gasteiger partial charge in [-0.25, -0.2) is 0 Å². The van der Waals surface area contributed by atoms with Gasteiger partial charge in [0.15, 0.2) is 0 Å². The van der Waals surface area contributed by atoms with E-state index >= 15 is 0 Å². The number of hydrogen-bond donors (Lipinski definition) is 1. The van der Waals surface area contributed by atoms with Crippen LogP contribution in [0.15, 0.2) is 0 Å². The first-order valence-corrected chi connectivity index (χ1v) is 5.92. The molecule has 1 N–H and O–H groups in total. The smallest absolute Gasteiger partial charge is 0.305 e. The lowest BCUT2D eigenvalue weighted by Gasteiger charge is -2.50. The summed E-state index contributed by atoms with van der Waals surface area (Å²) in [5.41, 5.74) is -0.196. The van der Waals surface area contributed by atoms with Crippen LogP contribution < -0.4 is 0 Å². The Morgan fingerprint density at radius 1 is 1.53 bits per heavy atom. The topological polar surface area (TPSA) is 60.9 Å². The fraction of sp³-hybridized carbons (Fsp3) is 0.833. The van der Waals surface area contributed by atoms with E-state index in [0.717, 1.165) is 0 Å². The molecule has 0 bridgehead atoms. The molecule has 0 radical (unpaired) electrons. The van der Waals surface area contributed by atoms with Gasteiger partial charge in [-0.2, -0.15) is 0 Å². The van der Waals surface area contributed by atoms with Crippen molar-refractivity contribution in [1.29, 1.82) is 0 Å². The third-order valence-electron chi connectivity index (χ3n) is 3.54. The summed E-state index contributed by atoms with van der Waals surface area (Å²) in [4.78, 5) is 26.7. The number of carboxylic acids is 1. The summed E-state index contributed by atoms with van der Waals surface area (Å²) in [6.07, 6.45) is -0.137. The standard InChI is InChI=1S/C12H22N2O3/c1-8(2)14-7-12(3,4)13(5)9(11(14)17)6-10(15)16/h8-9H,6-7H2,1-5H3,(H,15,16). The van der Waals surface area contributed by atoms with Crippen LogP contribution in [0.1, 0.15) is 34.1 Å². The van der Waals surface area contributed by atoms with Gasteiger partial charge in [0, 0.05) is 18.1 Å². The molecule has 0 aliphatic carbocycles. The minimum absolute atomic E-state index is 0.0794. The van der Waals surface area contributed by atoms with Crippen LogP contribution >= 0.6 is 0 Å². The largest absolute Gasteiger partial charge is 0.481 e. The molecule has 0 aromatic carbocycles. The zero-order valence-corrected chi connectivity index (χ0v) is 11.2. The van der Waals surface area contributed by atoms with Crippen LogP contribution in [-0.2, 0) is 9.59 Å². The zero-order chi connectivity index (χ0) is 13.4. The highest BCUT2D eigenvalue weighted by atomic mass is 16.4. The Balaban J connectivity index is 2.99. The number of hydrogen-bond acceptors (Lipinski definition) is 3. The van der Waals surface area contributed by atoms with Gasteiger partial charge < -0.3 is 10.0 Å². The molecule has 1 rings (SSSR count). The highest BCUT2D eigenvalue weighted by molar-refractivity contribution is 5.87. The van der Waals surface area contributed by atoms with Crippen molar-refractivity contribution in [1.82, 2.24) is 9.80 Å². The van der Waals surface area contributed by atoms with Crippen molar-refractivity contribution >= 4 is 11.9 Å². The number of carbonyl (C=O) groups is 2. The second kappa shape index (κ2) is 4.64. The molecule has 1 amide bonds. The summed E-state index contributed by atoms with van der Waals surface area (Å²) in [7, 11) is 1.82. The molecule has 1 aliphatic rings. The van der Waals surface area contributed by atoms with E-state index < -0.39 is 12.0 Å². The van der Waals surface area contributed by atoms with E-state index in [-0.39, 0.29) is 23.9 Å². The molecule has 98 valence electrons. The van der Waals surface area contributed by atoms with Gasteiger partial charge in [-0.05, 0) is 34.7 Å². The molecule has 0 saturated carbocycles. The minimum Gasteiger partial charge on any atom is -0.481 e. The van der Waals surface area contributed by atoms with Gasteiger partial charge in [0.1, 0.15) is 6.04 Å². The van der Waals surface area contributed by atoms with Crippen molar-refractivity contribution in [2.45, 2.75) is 51.7 Å². The number of aliphatic carboxylic acids is 1. The Kier molecular flexibility index (Phi) is 3.81. The Labute approximate surface area is 102 Å². The van der Waals surface area contributed by atoms with E-state index in [9.17, 15) is 9.59 Å². The second-order valence-electron chi connectivity index (χ2n) is 5.60. The molecule has 5 nitrogen and oxygen atoms in total. The maximum absolute atomic E-state index is 12.2. The number of piperazine rings is 1. The summed E-state index contributed by atoms with van der Waals surface area (Å²) in [6.45, 7) is 8.61. The molecule has 1 atom stereocenters. The van der Waals surface area contributed by atoms with Crippen LogP contribution in [0.25, 0.3) is 0 Å². The summed E-state index contributed by atoms with van der Waals surface area (Å²) < 4.78 is 0. The molecule has 1 heterocycles. The second-order valence-corrected chi connectivity index (χ2v) is 5.60. The van der Waals surface area contributed by atoms with Crippen LogP contribution in [0.5, 0.6) is 0 Å².